The van der Waals surface area contributed by atoms with Crippen molar-refractivity contribution in [2.45, 2.75) is 31.3 Å². The number of hydrogen-bond acceptors (Lipinski definition) is 3. The Kier molecular flexibility index (Phi) is 6.54. The zero-order chi connectivity index (χ0) is 22.8. The monoisotopic (exact) mass is 453 g/mol. The van der Waals surface area contributed by atoms with Gasteiger partial charge in [0.2, 0.25) is 0 Å². The molecule has 3 rings (SSSR count). The van der Waals surface area contributed by atoms with E-state index >= 15 is 0 Å². The molecule has 0 aliphatic heterocycles. The molecule has 3 aromatic carbocycles. The zero-order valence-corrected chi connectivity index (χ0v) is 17.4. The van der Waals surface area contributed by atoms with Gasteiger partial charge >= 0.3 is 6.61 Å². The summed E-state index contributed by atoms with van der Waals surface area (Å²) < 4.78 is 85.0. The molecule has 0 spiro atoms. The lowest BCUT2D eigenvalue weighted by molar-refractivity contribution is -0.0499. The average Bonchev–Trinajstić information content (AvgIpc) is 2.68. The second-order valence-electron chi connectivity index (χ2n) is 7.08. The highest BCUT2D eigenvalue weighted by Crippen LogP contribution is 2.31. The predicted molar refractivity (Wildman–Crippen MR) is 110 cm³/mol. The molecule has 9 heteroatoms. The molecule has 0 bridgehead atoms. The maximum atomic E-state index is 14.3. The minimum Gasteiger partial charge on any atom is -0.435 e. The third-order valence-corrected chi connectivity index (χ3v) is 5.84. The summed E-state index contributed by atoms with van der Waals surface area (Å²) in [7, 11) is -4.11. The fraction of sp³-hybridized carbons (Fsp3) is 0.182. The van der Waals surface area contributed by atoms with Crippen molar-refractivity contribution >= 4 is 15.7 Å². The van der Waals surface area contributed by atoms with E-state index in [1.165, 1.54) is 18.2 Å². The summed E-state index contributed by atoms with van der Waals surface area (Å²) in [6, 6.07) is 12.6. The first-order chi connectivity index (χ1) is 14.5. The van der Waals surface area contributed by atoms with Crippen molar-refractivity contribution in [3.05, 3.63) is 77.9 Å². The first-order valence-corrected chi connectivity index (χ1v) is 10.7. The first kappa shape index (κ1) is 22.6. The van der Waals surface area contributed by atoms with Crippen LogP contribution in [0.3, 0.4) is 0 Å². The highest BCUT2D eigenvalue weighted by Gasteiger charge is 2.18. The molecule has 0 amide bonds. The Labute approximate surface area is 177 Å². The van der Waals surface area contributed by atoms with Crippen molar-refractivity contribution in [3.8, 4) is 16.9 Å². The minimum absolute atomic E-state index is 0.0399. The summed E-state index contributed by atoms with van der Waals surface area (Å²) in [6.45, 7) is 0.674. The standard InChI is InChI=1S/C22H19F4NO3S/c1-13(2)14-4-3-5-19(10-14)31(28,29)27-21-11-15(6-7-20(21)24)16-8-17(23)12-18(9-16)30-22(25)26/h3-13,22,27H,1-2H3. The van der Waals surface area contributed by atoms with E-state index in [4.69, 9.17) is 0 Å². The summed E-state index contributed by atoms with van der Waals surface area (Å²) in [5.74, 6) is -2.02. The lowest BCUT2D eigenvalue weighted by Gasteiger charge is -2.13. The maximum Gasteiger partial charge on any atom is 0.387 e. The Bertz CT molecular complexity index is 1200. The molecule has 164 valence electrons. The molecule has 4 nitrogen and oxygen atoms in total. The lowest BCUT2D eigenvalue weighted by Crippen LogP contribution is -2.14. The van der Waals surface area contributed by atoms with Crippen LogP contribution in [-0.2, 0) is 10.0 Å². The van der Waals surface area contributed by atoms with E-state index in [9.17, 15) is 26.0 Å². The van der Waals surface area contributed by atoms with E-state index in [1.54, 1.807) is 12.1 Å². The van der Waals surface area contributed by atoms with Gasteiger partial charge in [-0.05, 0) is 59.0 Å². The van der Waals surface area contributed by atoms with Gasteiger partial charge in [-0.15, -0.1) is 0 Å². The summed E-state index contributed by atoms with van der Waals surface area (Å²) in [6.07, 6.45) is 0. The number of halogens is 4. The number of sulfonamides is 1. The molecule has 0 saturated heterocycles. The van der Waals surface area contributed by atoms with Crippen molar-refractivity contribution in [2.24, 2.45) is 0 Å². The predicted octanol–water partition coefficient (Wildman–Crippen LogP) is 6.16. The van der Waals surface area contributed by atoms with Crippen LogP contribution in [0.5, 0.6) is 5.75 Å². The second-order valence-corrected chi connectivity index (χ2v) is 8.76. The van der Waals surface area contributed by atoms with Gasteiger partial charge < -0.3 is 4.74 Å². The molecular formula is C22H19F4NO3S. The van der Waals surface area contributed by atoms with Crippen LogP contribution in [0.2, 0.25) is 0 Å². The first-order valence-electron chi connectivity index (χ1n) is 9.23. The third-order valence-electron chi connectivity index (χ3n) is 4.48. The molecule has 0 heterocycles. The number of rotatable bonds is 7. The largest absolute Gasteiger partial charge is 0.435 e. The minimum atomic E-state index is -4.11. The quantitative estimate of drug-likeness (QED) is 0.436. The maximum absolute atomic E-state index is 14.3. The van der Waals surface area contributed by atoms with E-state index in [2.05, 4.69) is 9.46 Å². The van der Waals surface area contributed by atoms with Crippen LogP contribution in [0.4, 0.5) is 23.2 Å². The summed E-state index contributed by atoms with van der Waals surface area (Å²) in [4.78, 5) is -0.0399. The van der Waals surface area contributed by atoms with Gasteiger partial charge in [0.05, 0.1) is 10.6 Å². The SMILES string of the molecule is CC(C)c1cccc(S(=O)(=O)Nc2cc(-c3cc(F)cc(OC(F)F)c3)ccc2F)c1. The van der Waals surface area contributed by atoms with E-state index in [1.807, 2.05) is 13.8 Å². The molecule has 0 aromatic heterocycles. The Hall–Kier alpha value is -3.07. The number of nitrogens with one attached hydrogen (secondary N) is 1. The van der Waals surface area contributed by atoms with Crippen molar-refractivity contribution in [1.29, 1.82) is 0 Å². The number of hydrogen-bond donors (Lipinski definition) is 1. The van der Waals surface area contributed by atoms with E-state index in [-0.39, 0.29) is 27.6 Å². The van der Waals surface area contributed by atoms with Gasteiger partial charge in [-0.1, -0.05) is 32.0 Å². The van der Waals surface area contributed by atoms with Gasteiger partial charge in [0, 0.05) is 6.07 Å². The molecular weight excluding hydrogens is 434 g/mol. The Morgan fingerprint density at radius 3 is 2.32 bits per heavy atom. The van der Waals surface area contributed by atoms with Crippen LogP contribution in [0.1, 0.15) is 25.3 Å². The van der Waals surface area contributed by atoms with Crippen molar-refractivity contribution < 1.29 is 30.7 Å². The highest BCUT2D eigenvalue weighted by molar-refractivity contribution is 7.92. The lowest BCUT2D eigenvalue weighted by atomic mass is 10.0. The fourth-order valence-electron chi connectivity index (χ4n) is 2.93. The molecule has 0 aliphatic carbocycles. The van der Waals surface area contributed by atoms with Gasteiger partial charge in [0.25, 0.3) is 10.0 Å². The molecule has 0 saturated carbocycles. The Balaban J connectivity index is 1.97. The molecule has 31 heavy (non-hydrogen) atoms. The van der Waals surface area contributed by atoms with Crippen LogP contribution in [0.15, 0.2) is 65.6 Å². The zero-order valence-electron chi connectivity index (χ0n) is 16.6. The highest BCUT2D eigenvalue weighted by atomic mass is 32.2. The van der Waals surface area contributed by atoms with Crippen molar-refractivity contribution in [1.82, 2.24) is 0 Å². The third kappa shape index (κ3) is 5.55. The van der Waals surface area contributed by atoms with Crippen LogP contribution in [0, 0.1) is 11.6 Å². The summed E-state index contributed by atoms with van der Waals surface area (Å²) in [5, 5.41) is 0. The molecule has 0 aliphatic rings. The molecule has 0 unspecified atom stereocenters. The summed E-state index contributed by atoms with van der Waals surface area (Å²) >= 11 is 0. The number of benzene rings is 3. The van der Waals surface area contributed by atoms with Crippen LogP contribution in [0.25, 0.3) is 11.1 Å². The topological polar surface area (TPSA) is 55.4 Å². The molecule has 0 atom stereocenters. The van der Waals surface area contributed by atoms with E-state index < -0.39 is 34.0 Å². The van der Waals surface area contributed by atoms with Gasteiger partial charge in [-0.25, -0.2) is 17.2 Å². The van der Waals surface area contributed by atoms with E-state index in [0.717, 1.165) is 35.9 Å². The second kappa shape index (κ2) is 8.97. The molecule has 0 radical (unpaired) electrons. The summed E-state index contributed by atoms with van der Waals surface area (Å²) in [5.41, 5.74) is 0.739. The Morgan fingerprint density at radius 1 is 0.903 bits per heavy atom. The van der Waals surface area contributed by atoms with Gasteiger partial charge in [-0.3, -0.25) is 4.72 Å². The van der Waals surface area contributed by atoms with Gasteiger partial charge in [0.1, 0.15) is 17.4 Å². The number of anilines is 1. The fourth-order valence-corrected chi connectivity index (χ4v) is 4.04. The van der Waals surface area contributed by atoms with Gasteiger partial charge in [-0.2, -0.15) is 8.78 Å². The Morgan fingerprint density at radius 2 is 1.65 bits per heavy atom. The van der Waals surface area contributed by atoms with Gasteiger partial charge in [0.15, 0.2) is 0 Å². The molecule has 0 fully saturated rings. The number of alkyl halides is 2. The van der Waals surface area contributed by atoms with Crippen LogP contribution >= 0.6 is 0 Å². The number of ether oxygens (including phenoxy) is 1. The normalized spacial score (nSPS) is 11.7. The van der Waals surface area contributed by atoms with Crippen LogP contribution < -0.4 is 9.46 Å². The average molecular weight is 453 g/mol. The molecule has 1 N–H and O–H groups in total. The van der Waals surface area contributed by atoms with Crippen molar-refractivity contribution in [2.75, 3.05) is 4.72 Å². The van der Waals surface area contributed by atoms with Crippen molar-refractivity contribution in [3.63, 3.8) is 0 Å². The van der Waals surface area contributed by atoms with E-state index in [0.29, 0.717) is 0 Å². The van der Waals surface area contributed by atoms with Crippen LogP contribution in [-0.4, -0.2) is 15.0 Å². The molecule has 3 aromatic rings. The smallest absolute Gasteiger partial charge is 0.387 e.